The van der Waals surface area contributed by atoms with E-state index in [1.807, 2.05) is 4.90 Å². The molecule has 12 heavy (non-hydrogen) atoms. The summed E-state index contributed by atoms with van der Waals surface area (Å²) in [4.78, 5) is 13.6. The first-order chi connectivity index (χ1) is 5.46. The van der Waals surface area contributed by atoms with Gasteiger partial charge in [-0.2, -0.15) is 0 Å². The fourth-order valence-corrected chi connectivity index (χ4v) is 1.62. The summed E-state index contributed by atoms with van der Waals surface area (Å²) in [6, 6.07) is 0. The maximum Gasteiger partial charge on any atom is 0.227 e. The van der Waals surface area contributed by atoms with Crippen molar-refractivity contribution in [3.63, 3.8) is 0 Å². The second-order valence-electron chi connectivity index (χ2n) is 4.38. The highest BCUT2D eigenvalue weighted by molar-refractivity contribution is 5.81. The quantitative estimate of drug-likeness (QED) is 0.626. The summed E-state index contributed by atoms with van der Waals surface area (Å²) in [6.45, 7) is 7.53. The number of hydrogen-bond acceptors (Lipinski definition) is 2. The lowest BCUT2D eigenvalue weighted by molar-refractivity contribution is -0.134. The van der Waals surface area contributed by atoms with Crippen LogP contribution in [0.15, 0.2) is 0 Å². The number of rotatable bonds is 1. The first-order valence-electron chi connectivity index (χ1n) is 4.48. The van der Waals surface area contributed by atoms with E-state index in [0.29, 0.717) is 6.54 Å². The third kappa shape index (κ3) is 1.61. The standard InChI is InChI=1S/C9H18N2O/c1-9(2,3)11-5-4-7(6-10)8(11)12/h7H,4-6,10H2,1-3H3. The summed E-state index contributed by atoms with van der Waals surface area (Å²) in [7, 11) is 0. The van der Waals surface area contributed by atoms with Crippen LogP contribution < -0.4 is 5.73 Å². The molecule has 1 fully saturated rings. The smallest absolute Gasteiger partial charge is 0.227 e. The van der Waals surface area contributed by atoms with Gasteiger partial charge in [0.05, 0.1) is 5.92 Å². The van der Waals surface area contributed by atoms with Crippen LogP contribution in [0, 0.1) is 5.92 Å². The van der Waals surface area contributed by atoms with Crippen LogP contribution in [0.4, 0.5) is 0 Å². The van der Waals surface area contributed by atoms with E-state index in [0.717, 1.165) is 13.0 Å². The molecule has 0 saturated carbocycles. The van der Waals surface area contributed by atoms with Crippen molar-refractivity contribution in [2.24, 2.45) is 11.7 Å². The minimum Gasteiger partial charge on any atom is -0.338 e. The summed E-state index contributed by atoms with van der Waals surface area (Å²) >= 11 is 0. The number of carbonyl (C=O) groups is 1. The summed E-state index contributed by atoms with van der Waals surface area (Å²) in [6.07, 6.45) is 0.923. The number of likely N-dealkylation sites (tertiary alicyclic amines) is 1. The molecule has 70 valence electrons. The summed E-state index contributed by atoms with van der Waals surface area (Å²) < 4.78 is 0. The zero-order chi connectivity index (χ0) is 9.35. The van der Waals surface area contributed by atoms with Crippen LogP contribution in [-0.2, 0) is 4.79 Å². The SMILES string of the molecule is CC(C)(C)N1CCC(CN)C1=O. The maximum atomic E-state index is 11.6. The van der Waals surface area contributed by atoms with Crippen molar-refractivity contribution in [1.82, 2.24) is 4.90 Å². The molecule has 1 aliphatic heterocycles. The highest BCUT2D eigenvalue weighted by Gasteiger charge is 2.36. The molecule has 1 atom stereocenters. The third-order valence-corrected chi connectivity index (χ3v) is 2.41. The van der Waals surface area contributed by atoms with Gasteiger partial charge in [0.2, 0.25) is 5.91 Å². The van der Waals surface area contributed by atoms with Crippen molar-refractivity contribution in [1.29, 1.82) is 0 Å². The second kappa shape index (κ2) is 3.05. The van der Waals surface area contributed by atoms with Crippen LogP contribution in [-0.4, -0.2) is 29.4 Å². The van der Waals surface area contributed by atoms with Crippen LogP contribution in [0.1, 0.15) is 27.2 Å². The summed E-state index contributed by atoms with van der Waals surface area (Å²) in [5.74, 6) is 0.300. The maximum absolute atomic E-state index is 11.6. The van der Waals surface area contributed by atoms with Crippen LogP contribution in [0.2, 0.25) is 0 Å². The molecule has 1 saturated heterocycles. The van der Waals surface area contributed by atoms with Crippen molar-refractivity contribution >= 4 is 5.91 Å². The topological polar surface area (TPSA) is 46.3 Å². The molecule has 3 nitrogen and oxygen atoms in total. The molecule has 0 bridgehead atoms. The second-order valence-corrected chi connectivity index (χ2v) is 4.38. The minimum atomic E-state index is -0.0407. The summed E-state index contributed by atoms with van der Waals surface area (Å²) in [5, 5.41) is 0. The Bertz CT molecular complexity index is 183. The van der Waals surface area contributed by atoms with Gasteiger partial charge in [0.15, 0.2) is 0 Å². The van der Waals surface area contributed by atoms with Crippen molar-refractivity contribution in [3.05, 3.63) is 0 Å². The number of hydrogen-bond donors (Lipinski definition) is 1. The van der Waals surface area contributed by atoms with E-state index in [9.17, 15) is 4.79 Å². The van der Waals surface area contributed by atoms with Crippen LogP contribution in [0.25, 0.3) is 0 Å². The molecule has 1 rings (SSSR count). The Kier molecular flexibility index (Phi) is 2.42. The van der Waals surface area contributed by atoms with E-state index in [-0.39, 0.29) is 17.4 Å². The molecule has 1 aliphatic rings. The van der Waals surface area contributed by atoms with Gasteiger partial charge in [-0.15, -0.1) is 0 Å². The summed E-state index contributed by atoms with van der Waals surface area (Å²) in [5.41, 5.74) is 5.44. The highest BCUT2D eigenvalue weighted by atomic mass is 16.2. The molecular formula is C9H18N2O. The fourth-order valence-electron chi connectivity index (χ4n) is 1.62. The Hall–Kier alpha value is -0.570. The lowest BCUT2D eigenvalue weighted by Gasteiger charge is -2.32. The van der Waals surface area contributed by atoms with E-state index in [4.69, 9.17) is 5.73 Å². The van der Waals surface area contributed by atoms with Gasteiger partial charge < -0.3 is 10.6 Å². The fraction of sp³-hybridized carbons (Fsp3) is 0.889. The van der Waals surface area contributed by atoms with Crippen LogP contribution in [0.5, 0.6) is 0 Å². The Morgan fingerprint density at radius 2 is 2.17 bits per heavy atom. The van der Waals surface area contributed by atoms with E-state index in [1.54, 1.807) is 0 Å². The number of nitrogens with zero attached hydrogens (tertiary/aromatic N) is 1. The molecule has 1 heterocycles. The zero-order valence-electron chi connectivity index (χ0n) is 8.13. The predicted octanol–water partition coefficient (Wildman–Crippen LogP) is 0.592. The van der Waals surface area contributed by atoms with Crippen molar-refractivity contribution in [3.8, 4) is 0 Å². The van der Waals surface area contributed by atoms with Crippen molar-refractivity contribution in [2.45, 2.75) is 32.7 Å². The molecule has 3 heteroatoms. The van der Waals surface area contributed by atoms with Gasteiger partial charge in [-0.05, 0) is 27.2 Å². The normalized spacial score (nSPS) is 25.2. The van der Waals surface area contributed by atoms with Crippen molar-refractivity contribution in [2.75, 3.05) is 13.1 Å². The lowest BCUT2D eigenvalue weighted by Crippen LogP contribution is -2.43. The highest BCUT2D eigenvalue weighted by Crippen LogP contribution is 2.24. The van der Waals surface area contributed by atoms with Gasteiger partial charge in [0, 0.05) is 18.6 Å². The van der Waals surface area contributed by atoms with E-state index in [1.165, 1.54) is 0 Å². The van der Waals surface area contributed by atoms with E-state index >= 15 is 0 Å². The molecule has 0 aromatic rings. The Labute approximate surface area is 73.9 Å². The average molecular weight is 170 g/mol. The molecular weight excluding hydrogens is 152 g/mol. The Morgan fingerprint density at radius 3 is 2.42 bits per heavy atom. The predicted molar refractivity (Wildman–Crippen MR) is 48.6 cm³/mol. The lowest BCUT2D eigenvalue weighted by atomic mass is 10.1. The minimum absolute atomic E-state index is 0.0407. The molecule has 0 aromatic heterocycles. The van der Waals surface area contributed by atoms with Crippen LogP contribution >= 0.6 is 0 Å². The van der Waals surface area contributed by atoms with Gasteiger partial charge in [-0.25, -0.2) is 0 Å². The first-order valence-corrected chi connectivity index (χ1v) is 4.48. The van der Waals surface area contributed by atoms with Crippen LogP contribution in [0.3, 0.4) is 0 Å². The number of amides is 1. The largest absolute Gasteiger partial charge is 0.338 e. The monoisotopic (exact) mass is 170 g/mol. The Morgan fingerprint density at radius 1 is 1.58 bits per heavy atom. The van der Waals surface area contributed by atoms with Gasteiger partial charge in [0.1, 0.15) is 0 Å². The van der Waals surface area contributed by atoms with Gasteiger partial charge in [-0.3, -0.25) is 4.79 Å². The Balaban J connectivity index is 2.67. The van der Waals surface area contributed by atoms with E-state index in [2.05, 4.69) is 20.8 Å². The average Bonchev–Trinajstić information content (AvgIpc) is 2.29. The number of nitrogens with two attached hydrogens (primary N) is 1. The number of carbonyl (C=O) groups excluding carboxylic acids is 1. The molecule has 0 aliphatic carbocycles. The van der Waals surface area contributed by atoms with Gasteiger partial charge in [-0.1, -0.05) is 0 Å². The van der Waals surface area contributed by atoms with Gasteiger partial charge >= 0.3 is 0 Å². The molecule has 2 N–H and O–H groups in total. The molecule has 1 amide bonds. The van der Waals surface area contributed by atoms with Gasteiger partial charge in [0.25, 0.3) is 0 Å². The first kappa shape index (κ1) is 9.52. The van der Waals surface area contributed by atoms with Crippen molar-refractivity contribution < 1.29 is 4.79 Å². The molecule has 0 aromatic carbocycles. The molecule has 1 unspecified atom stereocenters. The van der Waals surface area contributed by atoms with E-state index < -0.39 is 0 Å². The zero-order valence-corrected chi connectivity index (χ0v) is 8.13. The molecule has 0 radical (unpaired) electrons. The molecule has 0 spiro atoms. The third-order valence-electron chi connectivity index (χ3n) is 2.41.